The van der Waals surface area contributed by atoms with Crippen LogP contribution in [0.1, 0.15) is 15.9 Å². The average molecular weight is 359 g/mol. The summed E-state index contributed by atoms with van der Waals surface area (Å²) in [5.41, 5.74) is -1.11. The molecule has 23 heavy (non-hydrogen) atoms. The smallest absolute Gasteiger partial charge is 0.284 e. The maximum absolute atomic E-state index is 13.2. The van der Waals surface area contributed by atoms with Gasteiger partial charge in [-0.3, -0.25) is 14.9 Å². The molecule has 2 aromatic rings. The van der Waals surface area contributed by atoms with E-state index in [-0.39, 0.29) is 5.69 Å². The van der Waals surface area contributed by atoms with Crippen LogP contribution in [0.2, 0.25) is 0 Å². The van der Waals surface area contributed by atoms with Gasteiger partial charge in [0, 0.05) is 6.07 Å². The van der Waals surface area contributed by atoms with Gasteiger partial charge in [0.2, 0.25) is 0 Å². The van der Waals surface area contributed by atoms with Crippen molar-refractivity contribution >= 4 is 45.8 Å². The Morgan fingerprint density at radius 3 is 2.39 bits per heavy atom. The van der Waals surface area contributed by atoms with Crippen LogP contribution in [0.25, 0.3) is 0 Å². The summed E-state index contributed by atoms with van der Waals surface area (Å²) in [5, 5.41) is 0.0323. The fourth-order valence-electron chi connectivity index (χ4n) is 2.38. The second-order valence-corrected chi connectivity index (χ2v) is 6.21. The van der Waals surface area contributed by atoms with Gasteiger partial charge >= 0.3 is 6.18 Å². The number of hydrogen-bond acceptors (Lipinski definition) is 3. The van der Waals surface area contributed by atoms with E-state index in [1.54, 1.807) is 12.1 Å². The number of hydrogen-bond donors (Lipinski definition) is 1. The molecule has 1 heterocycles. The van der Waals surface area contributed by atoms with Crippen LogP contribution in [-0.4, -0.2) is 11.0 Å². The van der Waals surface area contributed by atoms with E-state index in [0.29, 0.717) is 10.6 Å². The number of benzene rings is 2. The summed E-state index contributed by atoms with van der Waals surface area (Å²) in [6.07, 6.45) is -4.76. The zero-order valence-corrected chi connectivity index (χ0v) is 12.9. The molecular weight excluding hydrogens is 351 g/mol. The van der Waals surface area contributed by atoms with Gasteiger partial charge < -0.3 is 0 Å². The molecule has 3 nitrogen and oxygen atoms in total. The van der Waals surface area contributed by atoms with Crippen LogP contribution in [0.15, 0.2) is 46.2 Å². The van der Waals surface area contributed by atoms with Crippen molar-refractivity contribution in [3.8, 4) is 0 Å². The molecule has 1 aliphatic heterocycles. The van der Waals surface area contributed by atoms with Crippen molar-refractivity contribution in [1.29, 1.82) is 0 Å². The van der Waals surface area contributed by atoms with Crippen LogP contribution in [0.5, 0.6) is 0 Å². The Labute approximate surface area is 137 Å². The van der Waals surface area contributed by atoms with Crippen LogP contribution in [0, 0.1) is 0 Å². The van der Waals surface area contributed by atoms with Gasteiger partial charge in [-0.25, -0.2) is 0 Å². The van der Waals surface area contributed by atoms with Crippen LogP contribution in [-0.2, 0) is 11.0 Å². The second-order valence-electron chi connectivity index (χ2n) is 4.78. The fourth-order valence-corrected chi connectivity index (χ4v) is 3.51. The van der Waals surface area contributed by atoms with Gasteiger partial charge in [-0.1, -0.05) is 23.9 Å². The topological polar surface area (TPSA) is 50.8 Å². The minimum absolute atomic E-state index is 0.0718. The maximum Gasteiger partial charge on any atom is 0.417 e. The highest BCUT2D eigenvalue weighted by Gasteiger charge is 2.41. The first-order chi connectivity index (χ1) is 10.8. The summed E-state index contributed by atoms with van der Waals surface area (Å²) < 4.78 is 39.6. The van der Waals surface area contributed by atoms with E-state index < -0.39 is 28.3 Å². The lowest BCUT2D eigenvalue weighted by Crippen LogP contribution is -2.73. The van der Waals surface area contributed by atoms with Crippen LogP contribution in [0.3, 0.4) is 0 Å². The Morgan fingerprint density at radius 2 is 1.74 bits per heavy atom. The summed E-state index contributed by atoms with van der Waals surface area (Å²) in [6, 6.07) is 9.20. The van der Waals surface area contributed by atoms with Gasteiger partial charge in [0.05, 0.1) is 15.4 Å². The average Bonchev–Trinajstić information content (AvgIpc) is 2.50. The number of alkyl halides is 3. The van der Waals surface area contributed by atoms with Gasteiger partial charge in [-0.15, -0.1) is 0 Å². The second kappa shape index (κ2) is 5.67. The van der Waals surface area contributed by atoms with Crippen molar-refractivity contribution in [2.45, 2.75) is 16.0 Å². The Balaban J connectivity index is 2.24. The molecule has 0 aromatic heterocycles. The molecule has 1 aliphatic rings. The lowest BCUT2D eigenvalue weighted by Gasteiger charge is -2.20. The van der Waals surface area contributed by atoms with E-state index in [4.69, 9.17) is 11.6 Å². The summed E-state index contributed by atoms with van der Waals surface area (Å²) in [6.45, 7) is 0. The number of carbonyl (C=O) groups is 2. The number of nitrogens with two attached hydrogens (primary N) is 1. The molecule has 0 amide bonds. The standard InChI is InChI=1S/C15H7ClF3NO2S/c16-14(22)13(21)11-7(15(17,18)19)5-6-10-12(11)20-8-3-1-2-4-9(8)23-10/h1-6,20H/p+1. The molecule has 0 unspecified atom stereocenters. The van der Waals surface area contributed by atoms with E-state index in [1.165, 1.54) is 23.1 Å². The van der Waals surface area contributed by atoms with Crippen molar-refractivity contribution in [2.75, 3.05) is 0 Å². The zero-order valence-electron chi connectivity index (χ0n) is 11.3. The quantitative estimate of drug-likeness (QED) is 0.329. The van der Waals surface area contributed by atoms with E-state index in [1.807, 2.05) is 12.1 Å². The van der Waals surface area contributed by atoms with Gasteiger partial charge in [-0.2, -0.15) is 13.2 Å². The minimum Gasteiger partial charge on any atom is -0.284 e. The molecule has 3 rings (SSSR count). The number of para-hydroxylation sites is 1. The first-order valence-electron chi connectivity index (χ1n) is 6.39. The van der Waals surface area contributed by atoms with E-state index in [0.717, 1.165) is 11.0 Å². The highest BCUT2D eigenvalue weighted by atomic mass is 35.5. The molecular formula is C15H8ClF3NO2S+. The van der Waals surface area contributed by atoms with Crippen molar-refractivity contribution in [3.63, 3.8) is 0 Å². The summed E-state index contributed by atoms with van der Waals surface area (Å²) in [7, 11) is 0. The number of ketones is 1. The van der Waals surface area contributed by atoms with E-state index >= 15 is 0 Å². The molecule has 118 valence electrons. The summed E-state index contributed by atoms with van der Waals surface area (Å²) in [4.78, 5) is 24.5. The maximum atomic E-state index is 13.2. The Kier molecular flexibility index (Phi) is 3.95. The SMILES string of the molecule is O=C(Cl)C(=O)c1c(C(F)(F)F)ccc2c1[NH2+]c1ccccc1S2. The Bertz CT molecular complexity index is 836. The number of Topliss-reactive ketones (excluding diaryl/α,β-unsaturated/α-hetero) is 1. The Hall–Kier alpha value is -1.83. The molecule has 2 aromatic carbocycles. The Morgan fingerprint density at radius 1 is 1.04 bits per heavy atom. The molecule has 0 aliphatic carbocycles. The largest absolute Gasteiger partial charge is 0.417 e. The highest BCUT2D eigenvalue weighted by Crippen LogP contribution is 2.44. The van der Waals surface area contributed by atoms with Gasteiger partial charge in [0.25, 0.3) is 11.0 Å². The van der Waals surface area contributed by atoms with Crippen LogP contribution in [0.4, 0.5) is 24.5 Å². The number of fused-ring (bicyclic) bond motifs is 2. The molecule has 0 spiro atoms. The third-order valence-corrected chi connectivity index (χ3v) is 4.69. The van der Waals surface area contributed by atoms with Crippen molar-refractivity contribution in [1.82, 2.24) is 0 Å². The first kappa shape index (κ1) is 16.0. The fraction of sp³-hybridized carbons (Fsp3) is 0.0667. The van der Waals surface area contributed by atoms with E-state index in [2.05, 4.69) is 0 Å². The van der Waals surface area contributed by atoms with E-state index in [9.17, 15) is 22.8 Å². The van der Waals surface area contributed by atoms with Gasteiger partial charge in [0.15, 0.2) is 5.69 Å². The van der Waals surface area contributed by atoms with Crippen molar-refractivity contribution < 1.29 is 28.1 Å². The lowest BCUT2D eigenvalue weighted by molar-refractivity contribution is -0.485. The molecule has 8 heteroatoms. The van der Waals surface area contributed by atoms with Crippen LogP contribution < -0.4 is 5.32 Å². The molecule has 0 bridgehead atoms. The number of rotatable bonds is 2. The van der Waals surface area contributed by atoms with Crippen molar-refractivity contribution in [3.05, 3.63) is 47.5 Å². The lowest BCUT2D eigenvalue weighted by atomic mass is 10.0. The molecule has 0 saturated heterocycles. The molecule has 0 fully saturated rings. The summed E-state index contributed by atoms with van der Waals surface area (Å²) >= 11 is 6.39. The predicted octanol–water partition coefficient (Wildman–Crippen LogP) is 3.64. The number of halogens is 4. The normalized spacial score (nSPS) is 13.2. The molecule has 0 saturated carbocycles. The van der Waals surface area contributed by atoms with Gasteiger partial charge in [-0.05, 0) is 29.8 Å². The zero-order chi connectivity index (χ0) is 16.8. The van der Waals surface area contributed by atoms with Crippen LogP contribution >= 0.6 is 23.4 Å². The van der Waals surface area contributed by atoms with Crippen molar-refractivity contribution in [2.24, 2.45) is 0 Å². The third kappa shape index (κ3) is 2.87. The molecule has 0 atom stereocenters. The van der Waals surface area contributed by atoms with Gasteiger partial charge in [0.1, 0.15) is 11.3 Å². The number of carbonyl (C=O) groups excluding carboxylic acids is 2. The minimum atomic E-state index is -4.76. The highest BCUT2D eigenvalue weighted by molar-refractivity contribution is 7.99. The summed E-state index contributed by atoms with van der Waals surface area (Å²) in [5.74, 6) is -1.35. The third-order valence-electron chi connectivity index (χ3n) is 3.36. The molecule has 2 N–H and O–H groups in total. The first-order valence-corrected chi connectivity index (χ1v) is 7.58. The predicted molar refractivity (Wildman–Crippen MR) is 78.4 cm³/mol. The monoisotopic (exact) mass is 358 g/mol. The molecule has 0 radical (unpaired) electrons. The number of quaternary nitrogens is 1.